The van der Waals surface area contributed by atoms with Crippen LogP contribution in [0.4, 0.5) is 0 Å². The average Bonchev–Trinajstić information content (AvgIpc) is 3.18. The molecule has 98 valence electrons. The van der Waals surface area contributed by atoms with E-state index >= 15 is 0 Å². The van der Waals surface area contributed by atoms with Crippen LogP contribution in [0, 0.1) is 5.41 Å². The molecule has 1 atom stereocenters. The fourth-order valence-corrected chi connectivity index (χ4v) is 2.73. The molecule has 0 spiro atoms. The summed E-state index contributed by atoms with van der Waals surface area (Å²) in [7, 11) is 3.01. The van der Waals surface area contributed by atoms with Crippen LogP contribution in [0.5, 0.6) is 5.75 Å². The highest BCUT2D eigenvalue weighted by Gasteiger charge is 2.56. The van der Waals surface area contributed by atoms with Crippen LogP contribution in [-0.4, -0.2) is 20.2 Å². The first kappa shape index (κ1) is 13.4. The van der Waals surface area contributed by atoms with Crippen LogP contribution >= 0.6 is 15.9 Å². The number of rotatable bonds is 4. The molecule has 0 saturated heterocycles. The van der Waals surface area contributed by atoms with Crippen LogP contribution in [0.1, 0.15) is 24.4 Å². The van der Waals surface area contributed by atoms with Gasteiger partial charge in [-0.15, -0.1) is 0 Å². The standard InChI is InChI=1S/C13H16BrNO3/c1-17-10-4-3-8(7-9(10)14)11(15)13(5-6-13)12(16)18-2/h3-4,7,11H,5-6,15H2,1-2H3. The molecule has 1 fully saturated rings. The molecular weight excluding hydrogens is 298 g/mol. The average molecular weight is 314 g/mol. The van der Waals surface area contributed by atoms with Crippen molar-refractivity contribution in [1.29, 1.82) is 0 Å². The van der Waals surface area contributed by atoms with Crippen LogP contribution in [0.15, 0.2) is 22.7 Å². The number of hydrogen-bond acceptors (Lipinski definition) is 4. The molecule has 1 aromatic rings. The fourth-order valence-electron chi connectivity index (χ4n) is 2.18. The number of nitrogens with two attached hydrogens (primary N) is 1. The zero-order valence-corrected chi connectivity index (χ0v) is 12.0. The van der Waals surface area contributed by atoms with E-state index in [4.69, 9.17) is 15.2 Å². The summed E-state index contributed by atoms with van der Waals surface area (Å²) in [5.74, 6) is 0.524. The molecule has 0 aromatic heterocycles. The molecule has 0 heterocycles. The molecule has 0 bridgehead atoms. The smallest absolute Gasteiger partial charge is 0.313 e. The lowest BCUT2D eigenvalue weighted by molar-refractivity contribution is -0.148. The van der Waals surface area contributed by atoms with Gasteiger partial charge in [0.05, 0.1) is 24.1 Å². The highest BCUT2D eigenvalue weighted by Crippen LogP contribution is 2.55. The molecule has 5 heteroatoms. The third-order valence-corrected chi connectivity index (χ3v) is 4.13. The second kappa shape index (κ2) is 4.90. The van der Waals surface area contributed by atoms with Gasteiger partial charge >= 0.3 is 5.97 Å². The number of carbonyl (C=O) groups excluding carboxylic acids is 1. The second-order valence-corrected chi connectivity index (χ2v) is 5.37. The van der Waals surface area contributed by atoms with Crippen molar-refractivity contribution in [3.8, 4) is 5.75 Å². The molecule has 1 aliphatic rings. The summed E-state index contributed by atoms with van der Waals surface area (Å²) in [4.78, 5) is 11.8. The van der Waals surface area contributed by atoms with Crippen LogP contribution in [0.2, 0.25) is 0 Å². The summed E-state index contributed by atoms with van der Waals surface area (Å²) in [6.07, 6.45) is 1.56. The van der Waals surface area contributed by atoms with Crippen LogP contribution < -0.4 is 10.5 Å². The zero-order valence-electron chi connectivity index (χ0n) is 10.4. The summed E-state index contributed by atoms with van der Waals surface area (Å²) in [5, 5.41) is 0. The zero-order chi connectivity index (χ0) is 13.3. The van der Waals surface area contributed by atoms with Crippen molar-refractivity contribution in [3.05, 3.63) is 28.2 Å². The van der Waals surface area contributed by atoms with Gasteiger partial charge in [-0.3, -0.25) is 4.79 Å². The second-order valence-electron chi connectivity index (χ2n) is 4.52. The molecule has 1 saturated carbocycles. The summed E-state index contributed by atoms with van der Waals surface area (Å²) in [5.41, 5.74) is 6.58. The van der Waals surface area contributed by atoms with Gasteiger partial charge in [-0.05, 0) is 46.5 Å². The Hall–Kier alpha value is -1.07. The topological polar surface area (TPSA) is 61.5 Å². The molecule has 1 aromatic carbocycles. The number of ether oxygens (including phenoxy) is 2. The lowest BCUT2D eigenvalue weighted by Crippen LogP contribution is -2.31. The summed E-state index contributed by atoms with van der Waals surface area (Å²) >= 11 is 3.42. The third kappa shape index (κ3) is 2.12. The first-order valence-corrected chi connectivity index (χ1v) is 6.52. The molecular formula is C13H16BrNO3. The van der Waals surface area contributed by atoms with Crippen LogP contribution in [0.25, 0.3) is 0 Å². The lowest BCUT2D eigenvalue weighted by atomic mass is 9.91. The van der Waals surface area contributed by atoms with E-state index in [2.05, 4.69) is 15.9 Å². The van der Waals surface area contributed by atoms with Gasteiger partial charge in [0.2, 0.25) is 0 Å². The van der Waals surface area contributed by atoms with Crippen molar-refractivity contribution >= 4 is 21.9 Å². The number of carbonyl (C=O) groups is 1. The normalized spacial score (nSPS) is 18.0. The monoisotopic (exact) mass is 313 g/mol. The number of methoxy groups -OCH3 is 2. The van der Waals surface area contributed by atoms with Gasteiger partial charge in [0.1, 0.15) is 5.75 Å². The predicted molar refractivity (Wildman–Crippen MR) is 71.3 cm³/mol. The minimum absolute atomic E-state index is 0.220. The van der Waals surface area contributed by atoms with Crippen molar-refractivity contribution in [2.24, 2.45) is 11.1 Å². The minimum atomic E-state index is -0.539. The van der Waals surface area contributed by atoms with Crippen molar-refractivity contribution < 1.29 is 14.3 Å². The summed E-state index contributed by atoms with van der Waals surface area (Å²) in [6, 6.07) is 5.28. The molecule has 0 aliphatic heterocycles. The van der Waals surface area contributed by atoms with Gasteiger partial charge in [-0.25, -0.2) is 0 Å². The van der Waals surface area contributed by atoms with Crippen LogP contribution in [0.3, 0.4) is 0 Å². The Labute approximate surface area is 115 Å². The van der Waals surface area contributed by atoms with E-state index in [1.165, 1.54) is 7.11 Å². The number of benzene rings is 1. The molecule has 2 N–H and O–H groups in total. The van der Waals surface area contributed by atoms with Gasteiger partial charge in [0.15, 0.2) is 0 Å². The molecule has 1 aliphatic carbocycles. The molecule has 4 nitrogen and oxygen atoms in total. The van der Waals surface area contributed by atoms with Crippen LogP contribution in [-0.2, 0) is 9.53 Å². The predicted octanol–water partition coefficient (Wildman–Crippen LogP) is 2.41. The Bertz CT molecular complexity index is 471. The van der Waals surface area contributed by atoms with Crippen molar-refractivity contribution in [3.63, 3.8) is 0 Å². The van der Waals surface area contributed by atoms with E-state index in [1.54, 1.807) is 7.11 Å². The lowest BCUT2D eigenvalue weighted by Gasteiger charge is -2.21. The van der Waals surface area contributed by atoms with Gasteiger partial charge in [0.25, 0.3) is 0 Å². The van der Waals surface area contributed by atoms with E-state index in [1.807, 2.05) is 18.2 Å². The summed E-state index contributed by atoms with van der Waals surface area (Å²) in [6.45, 7) is 0. The van der Waals surface area contributed by atoms with Gasteiger partial charge < -0.3 is 15.2 Å². The maximum Gasteiger partial charge on any atom is 0.313 e. The number of halogens is 1. The number of hydrogen-bond donors (Lipinski definition) is 1. The third-order valence-electron chi connectivity index (χ3n) is 3.51. The number of esters is 1. The van der Waals surface area contributed by atoms with Crippen molar-refractivity contribution in [1.82, 2.24) is 0 Å². The first-order chi connectivity index (χ1) is 8.55. The Balaban J connectivity index is 2.27. The van der Waals surface area contributed by atoms with Gasteiger partial charge in [-0.1, -0.05) is 6.07 Å². The highest BCUT2D eigenvalue weighted by molar-refractivity contribution is 9.10. The molecule has 0 radical (unpaired) electrons. The highest BCUT2D eigenvalue weighted by atomic mass is 79.9. The largest absolute Gasteiger partial charge is 0.496 e. The maximum atomic E-state index is 11.8. The molecule has 1 unspecified atom stereocenters. The van der Waals surface area contributed by atoms with E-state index in [9.17, 15) is 4.79 Å². The van der Waals surface area contributed by atoms with E-state index in [-0.39, 0.29) is 12.0 Å². The van der Waals surface area contributed by atoms with E-state index in [0.29, 0.717) is 0 Å². The Morgan fingerprint density at radius 1 is 1.44 bits per heavy atom. The first-order valence-electron chi connectivity index (χ1n) is 5.72. The molecule has 18 heavy (non-hydrogen) atoms. The Kier molecular flexibility index (Phi) is 3.64. The van der Waals surface area contributed by atoms with Crippen molar-refractivity contribution in [2.45, 2.75) is 18.9 Å². The quantitative estimate of drug-likeness (QED) is 0.867. The molecule has 2 rings (SSSR count). The van der Waals surface area contributed by atoms with Gasteiger partial charge in [-0.2, -0.15) is 0 Å². The maximum absolute atomic E-state index is 11.8. The minimum Gasteiger partial charge on any atom is -0.496 e. The van der Waals surface area contributed by atoms with E-state index in [0.717, 1.165) is 28.6 Å². The summed E-state index contributed by atoms with van der Waals surface area (Å²) < 4.78 is 10.8. The van der Waals surface area contributed by atoms with Gasteiger partial charge in [0, 0.05) is 6.04 Å². The van der Waals surface area contributed by atoms with E-state index < -0.39 is 5.41 Å². The SMILES string of the molecule is COC(=O)C1(C(N)c2ccc(OC)c(Br)c2)CC1. The molecule has 0 amide bonds. The Morgan fingerprint density at radius 2 is 2.11 bits per heavy atom. The fraction of sp³-hybridized carbons (Fsp3) is 0.462. The van der Waals surface area contributed by atoms with Crippen molar-refractivity contribution in [2.75, 3.05) is 14.2 Å². The Morgan fingerprint density at radius 3 is 2.56 bits per heavy atom.